The molecule has 0 aliphatic rings. The average Bonchev–Trinajstić information content (AvgIpc) is 3.26. The molecule has 2 N–H and O–H groups in total. The summed E-state index contributed by atoms with van der Waals surface area (Å²) in [6, 6.07) is 4.28. The van der Waals surface area contributed by atoms with E-state index < -0.39 is 5.82 Å². The molecule has 0 radical (unpaired) electrons. The van der Waals surface area contributed by atoms with Crippen LogP contribution in [0.25, 0.3) is 28.1 Å². The molecule has 4 rings (SSSR count). The van der Waals surface area contributed by atoms with E-state index in [1.165, 1.54) is 18.5 Å². The second-order valence-corrected chi connectivity index (χ2v) is 7.11. The maximum absolute atomic E-state index is 13.8. The topological polar surface area (TPSA) is 102 Å². The lowest BCUT2D eigenvalue weighted by Gasteiger charge is -2.17. The molecule has 0 saturated heterocycles. The number of fused-ring (bicyclic) bond motifs is 2. The van der Waals surface area contributed by atoms with Crippen LogP contribution in [0.4, 0.5) is 4.39 Å². The second kappa shape index (κ2) is 7.75. The van der Waals surface area contributed by atoms with Crippen molar-refractivity contribution in [3.05, 3.63) is 46.5 Å². The summed E-state index contributed by atoms with van der Waals surface area (Å²) in [6.45, 7) is 3.79. The first-order valence-electron chi connectivity index (χ1n) is 9.82. The van der Waals surface area contributed by atoms with E-state index in [1.54, 1.807) is 15.2 Å². The van der Waals surface area contributed by atoms with E-state index in [4.69, 9.17) is 0 Å². The Balaban J connectivity index is 1.98. The van der Waals surface area contributed by atoms with Gasteiger partial charge in [-0.15, -0.1) is 0 Å². The van der Waals surface area contributed by atoms with Gasteiger partial charge in [-0.2, -0.15) is 4.98 Å². The fourth-order valence-corrected chi connectivity index (χ4v) is 3.82. The molecular weight excluding hydrogens is 375 g/mol. The van der Waals surface area contributed by atoms with Crippen molar-refractivity contribution in [1.82, 2.24) is 29.1 Å². The van der Waals surface area contributed by atoms with Gasteiger partial charge in [0.25, 0.3) is 0 Å². The lowest BCUT2D eigenvalue weighted by molar-refractivity contribution is 0.278. The number of aromatic amines is 1. The summed E-state index contributed by atoms with van der Waals surface area (Å²) in [7, 11) is 0. The first-order valence-corrected chi connectivity index (χ1v) is 9.82. The molecule has 8 nitrogen and oxygen atoms in total. The van der Waals surface area contributed by atoms with Gasteiger partial charge in [0.05, 0.1) is 23.3 Å². The number of rotatable bonds is 7. The standard InChI is InChI=1S/C20H23FN6O2/c1-3-5-13(6-4-2)27-18-17(24-20(27)29)15(10-28)23-19(25-18)26-11-22-14-8-7-12(21)9-16(14)26/h7-9,11,13,28H,3-6,10H2,1-2H3,(H,24,29). The molecule has 4 aromatic rings. The fraction of sp³-hybridized carbons (Fsp3) is 0.400. The Morgan fingerprint density at radius 3 is 2.66 bits per heavy atom. The van der Waals surface area contributed by atoms with Crippen LogP contribution in [0.15, 0.2) is 29.3 Å². The zero-order valence-corrected chi connectivity index (χ0v) is 16.4. The minimum Gasteiger partial charge on any atom is -0.390 e. The Morgan fingerprint density at radius 1 is 1.21 bits per heavy atom. The minimum atomic E-state index is -0.396. The predicted octanol–water partition coefficient (Wildman–Crippen LogP) is 3.23. The lowest BCUT2D eigenvalue weighted by atomic mass is 10.1. The van der Waals surface area contributed by atoms with Crippen molar-refractivity contribution in [2.75, 3.05) is 0 Å². The number of aromatic nitrogens is 6. The molecular formula is C20H23FN6O2. The molecule has 0 bridgehead atoms. The molecule has 0 aliphatic carbocycles. The van der Waals surface area contributed by atoms with Gasteiger partial charge in [0.15, 0.2) is 5.65 Å². The average molecular weight is 398 g/mol. The number of benzene rings is 1. The molecule has 0 fully saturated rings. The van der Waals surface area contributed by atoms with Crippen molar-refractivity contribution in [3.63, 3.8) is 0 Å². The Hall–Kier alpha value is -3.07. The number of H-pyrrole nitrogens is 1. The Morgan fingerprint density at radius 2 is 1.97 bits per heavy atom. The smallest absolute Gasteiger partial charge is 0.327 e. The molecule has 0 spiro atoms. The molecule has 0 unspecified atom stereocenters. The number of nitrogens with zero attached hydrogens (tertiary/aromatic N) is 5. The molecule has 0 amide bonds. The first-order chi connectivity index (χ1) is 14.1. The summed E-state index contributed by atoms with van der Waals surface area (Å²) < 4.78 is 17.0. The van der Waals surface area contributed by atoms with Gasteiger partial charge >= 0.3 is 5.69 Å². The number of nitrogens with one attached hydrogen (secondary N) is 1. The van der Waals surface area contributed by atoms with E-state index in [0.29, 0.717) is 27.9 Å². The summed E-state index contributed by atoms with van der Waals surface area (Å²) in [5.74, 6) is -0.165. The maximum atomic E-state index is 13.8. The molecule has 9 heteroatoms. The van der Waals surface area contributed by atoms with Crippen LogP contribution in [0.1, 0.15) is 51.3 Å². The van der Waals surface area contributed by atoms with Gasteiger partial charge in [0.2, 0.25) is 5.95 Å². The van der Waals surface area contributed by atoms with Crippen molar-refractivity contribution < 1.29 is 9.50 Å². The number of hydrogen-bond donors (Lipinski definition) is 2. The summed E-state index contributed by atoms with van der Waals surface area (Å²) >= 11 is 0. The van der Waals surface area contributed by atoms with E-state index in [-0.39, 0.29) is 24.3 Å². The van der Waals surface area contributed by atoms with Gasteiger partial charge in [0, 0.05) is 12.1 Å². The van der Waals surface area contributed by atoms with Gasteiger partial charge in [-0.25, -0.2) is 19.2 Å². The molecule has 0 saturated carbocycles. The number of imidazole rings is 2. The lowest BCUT2D eigenvalue weighted by Crippen LogP contribution is -2.22. The first kappa shape index (κ1) is 19.3. The third kappa shape index (κ3) is 3.31. The van der Waals surface area contributed by atoms with E-state index in [0.717, 1.165) is 25.7 Å². The van der Waals surface area contributed by atoms with Crippen LogP contribution in [0.3, 0.4) is 0 Å². The van der Waals surface area contributed by atoms with Crippen LogP contribution in [0, 0.1) is 5.82 Å². The molecule has 3 aromatic heterocycles. The fourth-order valence-electron chi connectivity index (χ4n) is 3.82. The number of aliphatic hydroxyl groups excluding tert-OH is 1. The number of aliphatic hydroxyl groups is 1. The zero-order chi connectivity index (χ0) is 20.5. The van der Waals surface area contributed by atoms with E-state index in [9.17, 15) is 14.3 Å². The molecule has 0 atom stereocenters. The van der Waals surface area contributed by atoms with E-state index in [1.807, 2.05) is 0 Å². The maximum Gasteiger partial charge on any atom is 0.327 e. The van der Waals surface area contributed by atoms with Crippen LogP contribution >= 0.6 is 0 Å². The van der Waals surface area contributed by atoms with Crippen molar-refractivity contribution >= 4 is 22.2 Å². The van der Waals surface area contributed by atoms with Crippen molar-refractivity contribution in [1.29, 1.82) is 0 Å². The summed E-state index contributed by atoms with van der Waals surface area (Å²) in [5, 5.41) is 9.85. The van der Waals surface area contributed by atoms with Crippen LogP contribution < -0.4 is 5.69 Å². The van der Waals surface area contributed by atoms with Crippen LogP contribution in [-0.2, 0) is 6.61 Å². The quantitative estimate of drug-likeness (QED) is 0.498. The van der Waals surface area contributed by atoms with Gasteiger partial charge < -0.3 is 10.1 Å². The summed E-state index contributed by atoms with van der Waals surface area (Å²) in [5.41, 5.74) is 2.02. The van der Waals surface area contributed by atoms with Gasteiger partial charge in [-0.3, -0.25) is 9.13 Å². The van der Waals surface area contributed by atoms with Crippen LogP contribution in [-0.4, -0.2) is 34.2 Å². The van der Waals surface area contributed by atoms with Crippen LogP contribution in [0.5, 0.6) is 0 Å². The minimum absolute atomic E-state index is 0.00230. The molecule has 3 heterocycles. The highest BCUT2D eigenvalue weighted by molar-refractivity contribution is 5.78. The SMILES string of the molecule is CCCC(CCC)n1c(=O)[nH]c2c(CO)nc(-n3cnc4ccc(F)cc43)nc21. The third-order valence-electron chi connectivity index (χ3n) is 5.12. The Labute approximate surface area is 166 Å². The zero-order valence-electron chi connectivity index (χ0n) is 16.4. The molecule has 1 aromatic carbocycles. The number of hydrogen-bond acceptors (Lipinski definition) is 5. The molecule has 29 heavy (non-hydrogen) atoms. The van der Waals surface area contributed by atoms with Crippen molar-refractivity contribution in [3.8, 4) is 5.95 Å². The Bertz CT molecular complexity index is 1220. The monoisotopic (exact) mass is 398 g/mol. The van der Waals surface area contributed by atoms with Crippen molar-refractivity contribution in [2.45, 2.75) is 52.2 Å². The highest BCUT2D eigenvalue weighted by atomic mass is 19.1. The van der Waals surface area contributed by atoms with Gasteiger partial charge in [0.1, 0.15) is 17.7 Å². The largest absolute Gasteiger partial charge is 0.390 e. The Kier molecular flexibility index (Phi) is 5.14. The molecule has 152 valence electrons. The highest BCUT2D eigenvalue weighted by Crippen LogP contribution is 2.25. The number of halogens is 1. The second-order valence-electron chi connectivity index (χ2n) is 7.11. The van der Waals surface area contributed by atoms with Gasteiger partial charge in [-0.1, -0.05) is 26.7 Å². The van der Waals surface area contributed by atoms with E-state index in [2.05, 4.69) is 33.8 Å². The molecule has 0 aliphatic heterocycles. The third-order valence-corrected chi connectivity index (χ3v) is 5.12. The van der Waals surface area contributed by atoms with E-state index >= 15 is 0 Å². The van der Waals surface area contributed by atoms with Crippen LogP contribution in [0.2, 0.25) is 0 Å². The summed E-state index contributed by atoms with van der Waals surface area (Å²) in [4.78, 5) is 28.8. The van der Waals surface area contributed by atoms with Crippen molar-refractivity contribution in [2.24, 2.45) is 0 Å². The highest BCUT2D eigenvalue weighted by Gasteiger charge is 2.21. The normalized spacial score (nSPS) is 11.9. The van der Waals surface area contributed by atoms with Gasteiger partial charge in [-0.05, 0) is 25.0 Å². The predicted molar refractivity (Wildman–Crippen MR) is 108 cm³/mol. The summed E-state index contributed by atoms with van der Waals surface area (Å²) in [6.07, 6.45) is 5.05.